The molecule has 0 heterocycles. The van der Waals surface area contributed by atoms with Crippen LogP contribution in [0, 0.1) is 5.82 Å². The highest BCUT2D eigenvalue weighted by Crippen LogP contribution is 2.21. The quantitative estimate of drug-likeness (QED) is 0.787. The van der Waals surface area contributed by atoms with Crippen LogP contribution in [0.25, 0.3) is 0 Å². The van der Waals surface area contributed by atoms with Crippen molar-refractivity contribution in [2.45, 2.75) is 0 Å². The third-order valence-corrected chi connectivity index (χ3v) is 1.50. The van der Waals surface area contributed by atoms with Crippen molar-refractivity contribution in [3.05, 3.63) is 29.0 Å². The predicted octanol–water partition coefficient (Wildman–Crippen LogP) is 1.82. The number of benzene rings is 1. The van der Waals surface area contributed by atoms with Crippen LogP contribution in [0.1, 0.15) is 0 Å². The smallest absolute Gasteiger partial charge is 0.165 e. The summed E-state index contributed by atoms with van der Waals surface area (Å²) in [6.07, 6.45) is 0. The Labute approximate surface area is 75.1 Å². The van der Waals surface area contributed by atoms with Crippen molar-refractivity contribution in [3.63, 3.8) is 0 Å². The van der Waals surface area contributed by atoms with Crippen molar-refractivity contribution in [2.75, 3.05) is 13.2 Å². The molecule has 0 fully saturated rings. The van der Waals surface area contributed by atoms with Crippen LogP contribution >= 0.6 is 11.6 Å². The zero-order valence-electron chi connectivity index (χ0n) is 6.39. The topological polar surface area (TPSA) is 35.2 Å². The summed E-state index contributed by atoms with van der Waals surface area (Å²) >= 11 is 5.62. The second-order valence-electron chi connectivity index (χ2n) is 2.21. The molecule has 0 saturated heterocycles. The van der Waals surface area contributed by atoms with Crippen LogP contribution in [-0.4, -0.2) is 13.2 Å². The van der Waals surface area contributed by atoms with E-state index in [0.29, 0.717) is 11.6 Å². The number of halogens is 2. The Bertz CT molecular complexity index is 267. The molecule has 0 unspecified atom stereocenters. The van der Waals surface area contributed by atoms with Gasteiger partial charge in [0.2, 0.25) is 0 Å². The van der Waals surface area contributed by atoms with Crippen molar-refractivity contribution < 1.29 is 9.13 Å². The molecule has 1 rings (SSSR count). The Hall–Kier alpha value is -0.800. The van der Waals surface area contributed by atoms with E-state index >= 15 is 0 Å². The maximum atomic E-state index is 12.9. The van der Waals surface area contributed by atoms with Gasteiger partial charge in [-0.1, -0.05) is 11.6 Å². The molecule has 0 aliphatic rings. The molecule has 0 saturated carbocycles. The van der Waals surface area contributed by atoms with E-state index in [0.717, 1.165) is 0 Å². The van der Waals surface area contributed by atoms with Gasteiger partial charge in [0, 0.05) is 17.6 Å². The van der Waals surface area contributed by atoms with Gasteiger partial charge in [0.1, 0.15) is 6.61 Å². The highest BCUT2D eigenvalue weighted by atomic mass is 35.5. The molecule has 2 N–H and O–H groups in total. The summed E-state index contributed by atoms with van der Waals surface area (Å²) in [5.74, 6) is -0.277. The minimum absolute atomic E-state index is 0.146. The highest BCUT2D eigenvalue weighted by molar-refractivity contribution is 6.30. The van der Waals surface area contributed by atoms with Crippen LogP contribution < -0.4 is 10.5 Å². The zero-order chi connectivity index (χ0) is 8.97. The summed E-state index contributed by atoms with van der Waals surface area (Å²) in [5, 5.41) is 0.448. The van der Waals surface area contributed by atoms with Gasteiger partial charge in [-0.3, -0.25) is 0 Å². The van der Waals surface area contributed by atoms with Crippen LogP contribution in [-0.2, 0) is 0 Å². The lowest BCUT2D eigenvalue weighted by Gasteiger charge is -2.05. The first-order valence-corrected chi connectivity index (χ1v) is 3.90. The molecule has 0 aliphatic carbocycles. The maximum Gasteiger partial charge on any atom is 0.165 e. The minimum Gasteiger partial charge on any atom is -0.489 e. The molecule has 0 amide bonds. The Morgan fingerprint density at radius 2 is 2.25 bits per heavy atom. The number of nitrogens with two attached hydrogens (primary N) is 1. The summed E-state index contributed by atoms with van der Waals surface area (Å²) in [7, 11) is 0. The van der Waals surface area contributed by atoms with E-state index in [9.17, 15) is 4.39 Å². The van der Waals surface area contributed by atoms with Gasteiger partial charge in [-0.05, 0) is 12.1 Å². The van der Waals surface area contributed by atoms with Gasteiger partial charge >= 0.3 is 0 Å². The molecule has 12 heavy (non-hydrogen) atoms. The molecule has 66 valence electrons. The molecule has 0 atom stereocenters. The third kappa shape index (κ3) is 2.36. The molecule has 0 aromatic heterocycles. The Morgan fingerprint density at radius 1 is 1.50 bits per heavy atom. The fourth-order valence-corrected chi connectivity index (χ4v) is 0.919. The number of hydrogen-bond donors (Lipinski definition) is 1. The van der Waals surface area contributed by atoms with Crippen LogP contribution in [0.15, 0.2) is 18.2 Å². The number of rotatable bonds is 3. The van der Waals surface area contributed by atoms with Crippen molar-refractivity contribution in [2.24, 2.45) is 5.73 Å². The first-order chi connectivity index (χ1) is 5.74. The Kier molecular flexibility index (Phi) is 3.31. The third-order valence-electron chi connectivity index (χ3n) is 1.27. The summed E-state index contributed by atoms with van der Waals surface area (Å²) in [6, 6.07) is 4.15. The molecular formula is C8H9ClFNO. The number of hydrogen-bond acceptors (Lipinski definition) is 2. The highest BCUT2D eigenvalue weighted by Gasteiger charge is 2.02. The van der Waals surface area contributed by atoms with Gasteiger partial charge in [0.05, 0.1) is 0 Å². The standard InChI is InChI=1S/C8H9ClFNO/c9-6-1-2-7(10)8(5-6)12-4-3-11/h1-2,5H,3-4,11H2. The summed E-state index contributed by atoms with van der Waals surface area (Å²) in [5.41, 5.74) is 5.18. The fraction of sp³-hybridized carbons (Fsp3) is 0.250. The van der Waals surface area contributed by atoms with Crippen LogP contribution in [0.4, 0.5) is 4.39 Å². The van der Waals surface area contributed by atoms with Crippen molar-refractivity contribution in [1.82, 2.24) is 0 Å². The van der Waals surface area contributed by atoms with Gasteiger partial charge < -0.3 is 10.5 Å². The second-order valence-corrected chi connectivity index (χ2v) is 2.65. The molecule has 4 heteroatoms. The van der Waals surface area contributed by atoms with E-state index in [1.165, 1.54) is 18.2 Å². The molecule has 2 nitrogen and oxygen atoms in total. The fourth-order valence-electron chi connectivity index (χ4n) is 0.757. The Balaban J connectivity index is 2.75. The van der Waals surface area contributed by atoms with E-state index in [1.54, 1.807) is 0 Å². The number of ether oxygens (including phenoxy) is 1. The largest absolute Gasteiger partial charge is 0.489 e. The summed E-state index contributed by atoms with van der Waals surface area (Å²) in [6.45, 7) is 0.642. The molecular weight excluding hydrogens is 181 g/mol. The van der Waals surface area contributed by atoms with Crippen LogP contribution in [0.5, 0.6) is 5.75 Å². The molecule has 1 aromatic rings. The molecule has 0 spiro atoms. The average molecular weight is 190 g/mol. The van der Waals surface area contributed by atoms with Gasteiger partial charge in [0.15, 0.2) is 11.6 Å². The van der Waals surface area contributed by atoms with E-state index in [4.69, 9.17) is 22.1 Å². The maximum absolute atomic E-state index is 12.9. The van der Waals surface area contributed by atoms with Gasteiger partial charge in [0.25, 0.3) is 0 Å². The Morgan fingerprint density at radius 3 is 2.92 bits per heavy atom. The normalized spacial score (nSPS) is 9.92. The average Bonchev–Trinajstić information content (AvgIpc) is 2.07. The molecule has 1 aromatic carbocycles. The van der Waals surface area contributed by atoms with Crippen molar-refractivity contribution in [1.29, 1.82) is 0 Å². The van der Waals surface area contributed by atoms with E-state index in [-0.39, 0.29) is 12.4 Å². The molecule has 0 aliphatic heterocycles. The minimum atomic E-state index is -0.423. The molecule has 0 bridgehead atoms. The van der Waals surface area contributed by atoms with Crippen molar-refractivity contribution in [3.8, 4) is 5.75 Å². The predicted molar refractivity (Wildman–Crippen MR) is 46.0 cm³/mol. The van der Waals surface area contributed by atoms with E-state index < -0.39 is 5.82 Å². The summed E-state index contributed by atoms with van der Waals surface area (Å²) < 4.78 is 17.9. The van der Waals surface area contributed by atoms with Crippen LogP contribution in [0.2, 0.25) is 5.02 Å². The monoisotopic (exact) mass is 189 g/mol. The first-order valence-electron chi connectivity index (χ1n) is 3.52. The molecule has 0 radical (unpaired) electrons. The lowest BCUT2D eigenvalue weighted by Crippen LogP contribution is -2.11. The lowest BCUT2D eigenvalue weighted by atomic mass is 10.3. The van der Waals surface area contributed by atoms with Gasteiger partial charge in [-0.15, -0.1) is 0 Å². The summed E-state index contributed by atoms with van der Waals surface area (Å²) in [4.78, 5) is 0. The lowest BCUT2D eigenvalue weighted by molar-refractivity contribution is 0.311. The van der Waals surface area contributed by atoms with Crippen molar-refractivity contribution >= 4 is 11.6 Å². The first kappa shape index (κ1) is 9.29. The van der Waals surface area contributed by atoms with Crippen LogP contribution in [0.3, 0.4) is 0 Å². The van der Waals surface area contributed by atoms with E-state index in [1.807, 2.05) is 0 Å². The zero-order valence-corrected chi connectivity index (χ0v) is 7.14. The van der Waals surface area contributed by atoms with E-state index in [2.05, 4.69) is 0 Å². The SMILES string of the molecule is NCCOc1cc(Cl)ccc1F. The second kappa shape index (κ2) is 4.28. The van der Waals surface area contributed by atoms with Gasteiger partial charge in [-0.2, -0.15) is 0 Å². The van der Waals surface area contributed by atoms with Gasteiger partial charge in [-0.25, -0.2) is 4.39 Å².